The summed E-state index contributed by atoms with van der Waals surface area (Å²) in [7, 11) is 0. The van der Waals surface area contributed by atoms with Gasteiger partial charge in [0.15, 0.2) is 0 Å². The zero-order valence-corrected chi connectivity index (χ0v) is 11.4. The maximum atomic E-state index is 6.07. The van der Waals surface area contributed by atoms with Crippen molar-refractivity contribution in [2.45, 2.75) is 39.2 Å². The van der Waals surface area contributed by atoms with E-state index in [0.717, 1.165) is 22.6 Å². The van der Waals surface area contributed by atoms with Gasteiger partial charge in [0.05, 0.1) is 11.0 Å². The largest absolute Gasteiger partial charge is 0.369 e. The first-order valence-corrected chi connectivity index (χ1v) is 6.93. The van der Waals surface area contributed by atoms with Crippen LogP contribution in [0.1, 0.15) is 32.6 Å². The van der Waals surface area contributed by atoms with Crippen molar-refractivity contribution in [3.63, 3.8) is 0 Å². The van der Waals surface area contributed by atoms with E-state index in [4.69, 9.17) is 17.3 Å². The fourth-order valence-electron chi connectivity index (χ4n) is 2.92. The molecule has 3 rings (SSSR count). The Bertz CT molecular complexity index is 578. The molecule has 0 radical (unpaired) electrons. The van der Waals surface area contributed by atoms with E-state index in [1.54, 1.807) is 0 Å². The minimum Gasteiger partial charge on any atom is -0.369 e. The van der Waals surface area contributed by atoms with Gasteiger partial charge in [-0.15, -0.1) is 0 Å². The molecule has 0 saturated heterocycles. The monoisotopic (exact) mass is 263 g/mol. The number of nitrogens with two attached hydrogens (primary N) is 1. The number of anilines is 1. The van der Waals surface area contributed by atoms with E-state index in [2.05, 4.69) is 16.5 Å². The van der Waals surface area contributed by atoms with Crippen molar-refractivity contribution in [1.82, 2.24) is 9.55 Å². The molecule has 3 nitrogen and oxygen atoms in total. The predicted octanol–water partition coefficient (Wildman–Crippen LogP) is 3.85. The topological polar surface area (TPSA) is 43.8 Å². The molecule has 0 aliphatic heterocycles. The molecular weight excluding hydrogens is 246 g/mol. The van der Waals surface area contributed by atoms with E-state index >= 15 is 0 Å². The molecule has 0 bridgehead atoms. The Morgan fingerprint density at radius 1 is 1.44 bits per heavy atom. The van der Waals surface area contributed by atoms with Crippen molar-refractivity contribution < 1.29 is 0 Å². The Labute approximate surface area is 112 Å². The molecule has 1 heterocycles. The first kappa shape index (κ1) is 11.8. The number of nitrogens with zero attached hydrogens (tertiary/aromatic N) is 2. The Balaban J connectivity index is 2.05. The third-order valence-electron chi connectivity index (χ3n) is 4.40. The lowest BCUT2D eigenvalue weighted by Gasteiger charge is -2.41. The molecule has 1 aromatic carbocycles. The summed E-state index contributed by atoms with van der Waals surface area (Å²) in [6, 6.07) is 5.76. The van der Waals surface area contributed by atoms with Gasteiger partial charge in [0, 0.05) is 11.6 Å². The van der Waals surface area contributed by atoms with Crippen LogP contribution in [0.2, 0.25) is 5.02 Å². The van der Waals surface area contributed by atoms with Crippen LogP contribution >= 0.6 is 11.6 Å². The molecule has 0 atom stereocenters. The highest BCUT2D eigenvalue weighted by Crippen LogP contribution is 2.46. The van der Waals surface area contributed by atoms with Crippen molar-refractivity contribution in [3.05, 3.63) is 23.2 Å². The summed E-state index contributed by atoms with van der Waals surface area (Å²) in [4.78, 5) is 4.41. The Morgan fingerprint density at radius 2 is 2.22 bits per heavy atom. The maximum Gasteiger partial charge on any atom is 0.201 e. The molecule has 1 aromatic heterocycles. The lowest BCUT2D eigenvalue weighted by molar-refractivity contribution is 0.103. The minimum atomic E-state index is 0.421. The number of halogens is 1. The summed E-state index contributed by atoms with van der Waals surface area (Å²) >= 11 is 6.07. The minimum absolute atomic E-state index is 0.421. The summed E-state index contributed by atoms with van der Waals surface area (Å²) < 4.78 is 2.13. The third kappa shape index (κ3) is 1.77. The van der Waals surface area contributed by atoms with Crippen LogP contribution in [-0.4, -0.2) is 9.55 Å². The van der Waals surface area contributed by atoms with Crippen LogP contribution in [0.4, 0.5) is 5.95 Å². The fraction of sp³-hybridized carbons (Fsp3) is 0.500. The van der Waals surface area contributed by atoms with Gasteiger partial charge in [0.2, 0.25) is 5.95 Å². The molecule has 1 fully saturated rings. The van der Waals surface area contributed by atoms with Gasteiger partial charge >= 0.3 is 0 Å². The first-order chi connectivity index (χ1) is 8.63. The molecule has 1 saturated carbocycles. The standard InChI is InChI=1S/C14H18ClN3/c1-2-14(6-3-7-14)9-18-12-8-10(15)4-5-11(12)17-13(18)16/h4-5,8H,2-3,6-7,9H2,1H3,(H2,16,17). The van der Waals surface area contributed by atoms with Crippen molar-refractivity contribution >= 4 is 28.6 Å². The van der Waals surface area contributed by atoms with Crippen LogP contribution in [0.5, 0.6) is 0 Å². The average Bonchev–Trinajstić information content (AvgIpc) is 2.60. The van der Waals surface area contributed by atoms with E-state index in [1.165, 1.54) is 25.7 Å². The molecule has 0 unspecified atom stereocenters. The predicted molar refractivity (Wildman–Crippen MR) is 75.7 cm³/mol. The molecule has 4 heteroatoms. The van der Waals surface area contributed by atoms with Crippen LogP contribution in [0.25, 0.3) is 11.0 Å². The van der Waals surface area contributed by atoms with Crippen LogP contribution in [0.3, 0.4) is 0 Å². The normalized spacial score (nSPS) is 17.9. The summed E-state index contributed by atoms with van der Waals surface area (Å²) in [5.41, 5.74) is 8.46. The Kier molecular flexibility index (Phi) is 2.74. The molecule has 1 aliphatic carbocycles. The molecule has 2 N–H and O–H groups in total. The van der Waals surface area contributed by atoms with Crippen LogP contribution in [0, 0.1) is 5.41 Å². The van der Waals surface area contributed by atoms with E-state index in [1.807, 2.05) is 18.2 Å². The number of aromatic nitrogens is 2. The molecule has 0 spiro atoms. The second-order valence-corrected chi connectivity index (χ2v) is 5.83. The lowest BCUT2D eigenvalue weighted by atomic mass is 9.67. The van der Waals surface area contributed by atoms with Crippen LogP contribution in [0.15, 0.2) is 18.2 Å². The number of fused-ring (bicyclic) bond motifs is 1. The van der Waals surface area contributed by atoms with Crippen LogP contribution in [-0.2, 0) is 6.54 Å². The molecule has 1 aliphatic rings. The van der Waals surface area contributed by atoms with E-state index in [9.17, 15) is 0 Å². The molecule has 96 valence electrons. The van der Waals surface area contributed by atoms with Crippen LogP contribution < -0.4 is 5.73 Å². The van der Waals surface area contributed by atoms with Crippen molar-refractivity contribution in [2.24, 2.45) is 5.41 Å². The summed E-state index contributed by atoms with van der Waals surface area (Å²) in [6.07, 6.45) is 5.13. The van der Waals surface area contributed by atoms with Gasteiger partial charge in [-0.2, -0.15) is 0 Å². The van der Waals surface area contributed by atoms with Gasteiger partial charge in [0.1, 0.15) is 0 Å². The van der Waals surface area contributed by atoms with Gasteiger partial charge in [-0.3, -0.25) is 0 Å². The molecule has 2 aromatic rings. The van der Waals surface area contributed by atoms with E-state index in [-0.39, 0.29) is 0 Å². The average molecular weight is 264 g/mol. The second-order valence-electron chi connectivity index (χ2n) is 5.40. The fourth-order valence-corrected chi connectivity index (χ4v) is 3.08. The SMILES string of the molecule is CCC1(Cn2c(N)nc3ccc(Cl)cc32)CCC1. The third-order valence-corrected chi connectivity index (χ3v) is 4.63. The maximum absolute atomic E-state index is 6.07. The number of nitrogen functional groups attached to an aromatic ring is 1. The summed E-state index contributed by atoms with van der Waals surface area (Å²) in [5, 5.41) is 0.739. The highest BCUT2D eigenvalue weighted by Gasteiger charge is 2.36. The highest BCUT2D eigenvalue weighted by molar-refractivity contribution is 6.31. The molecular formula is C14H18ClN3. The number of imidazole rings is 1. The molecule has 0 amide bonds. The van der Waals surface area contributed by atoms with Gasteiger partial charge in [-0.25, -0.2) is 4.98 Å². The van der Waals surface area contributed by atoms with Gasteiger partial charge in [-0.1, -0.05) is 24.9 Å². The second kappa shape index (κ2) is 4.16. The first-order valence-electron chi connectivity index (χ1n) is 6.55. The Morgan fingerprint density at radius 3 is 2.83 bits per heavy atom. The van der Waals surface area contributed by atoms with E-state index < -0.39 is 0 Å². The quantitative estimate of drug-likeness (QED) is 0.914. The highest BCUT2D eigenvalue weighted by atomic mass is 35.5. The Hall–Kier alpha value is -1.22. The van der Waals surface area contributed by atoms with Gasteiger partial charge in [0.25, 0.3) is 0 Å². The number of hydrogen-bond acceptors (Lipinski definition) is 2. The zero-order chi connectivity index (χ0) is 12.8. The molecule has 18 heavy (non-hydrogen) atoms. The van der Waals surface area contributed by atoms with Gasteiger partial charge < -0.3 is 10.3 Å². The zero-order valence-electron chi connectivity index (χ0n) is 10.6. The van der Waals surface area contributed by atoms with Crippen molar-refractivity contribution in [2.75, 3.05) is 5.73 Å². The number of rotatable bonds is 3. The van der Waals surface area contributed by atoms with Crippen molar-refractivity contribution in [3.8, 4) is 0 Å². The van der Waals surface area contributed by atoms with E-state index in [0.29, 0.717) is 11.4 Å². The van der Waals surface area contributed by atoms with Gasteiger partial charge in [-0.05, 0) is 42.9 Å². The number of hydrogen-bond donors (Lipinski definition) is 1. The van der Waals surface area contributed by atoms with Crippen molar-refractivity contribution in [1.29, 1.82) is 0 Å². The summed E-state index contributed by atoms with van der Waals surface area (Å²) in [6.45, 7) is 3.23. The lowest BCUT2D eigenvalue weighted by Crippen LogP contribution is -2.33. The number of benzene rings is 1. The summed E-state index contributed by atoms with van der Waals surface area (Å²) in [5.74, 6) is 0.604. The smallest absolute Gasteiger partial charge is 0.201 e.